The van der Waals surface area contributed by atoms with Gasteiger partial charge in [0, 0.05) is 17.5 Å². The Hall–Kier alpha value is -0.0900. The van der Waals surface area contributed by atoms with Gasteiger partial charge >= 0.3 is 0 Å². The minimum atomic E-state index is -0.233. The summed E-state index contributed by atoms with van der Waals surface area (Å²) in [6.07, 6.45) is 2.82. The van der Waals surface area contributed by atoms with Crippen LogP contribution in [0.4, 0.5) is 0 Å². The molecule has 4 heteroatoms. The quantitative estimate of drug-likeness (QED) is 0.855. The predicted octanol–water partition coefficient (Wildman–Crippen LogP) is 2.75. The van der Waals surface area contributed by atoms with Crippen LogP contribution >= 0.6 is 22.9 Å². The number of halogens is 1. The summed E-state index contributed by atoms with van der Waals surface area (Å²) in [5.74, 6) is 0. The van der Waals surface area contributed by atoms with Crippen molar-refractivity contribution in [3.63, 3.8) is 0 Å². The normalized spacial score (nSPS) is 21.7. The van der Waals surface area contributed by atoms with Crippen LogP contribution in [0, 0.1) is 0 Å². The minimum absolute atomic E-state index is 0.233. The third-order valence-corrected chi connectivity index (χ3v) is 4.26. The van der Waals surface area contributed by atoms with Crippen LogP contribution < -0.4 is 5.32 Å². The van der Waals surface area contributed by atoms with Crippen molar-refractivity contribution in [2.45, 2.75) is 38.3 Å². The lowest BCUT2D eigenvalue weighted by Crippen LogP contribution is -2.28. The fraction of sp³-hybridized carbons (Fsp3) is 0.636. The van der Waals surface area contributed by atoms with Gasteiger partial charge in [0.05, 0.1) is 10.4 Å². The SMILES string of the molecule is CCC(O)CNC1CCc2sc(Cl)cc21. The van der Waals surface area contributed by atoms with Gasteiger partial charge in [0.1, 0.15) is 0 Å². The molecule has 0 saturated heterocycles. The highest BCUT2D eigenvalue weighted by Gasteiger charge is 2.24. The lowest BCUT2D eigenvalue weighted by atomic mass is 10.1. The number of thiophene rings is 1. The van der Waals surface area contributed by atoms with Gasteiger partial charge in [-0.15, -0.1) is 11.3 Å². The van der Waals surface area contributed by atoms with Gasteiger partial charge in [0.15, 0.2) is 0 Å². The molecule has 2 atom stereocenters. The van der Waals surface area contributed by atoms with Crippen LogP contribution in [0.5, 0.6) is 0 Å². The summed E-state index contributed by atoms with van der Waals surface area (Å²) >= 11 is 7.66. The second-order valence-electron chi connectivity index (χ2n) is 3.99. The van der Waals surface area contributed by atoms with Crippen LogP contribution in [-0.2, 0) is 6.42 Å². The smallest absolute Gasteiger partial charge is 0.0934 e. The fourth-order valence-electron chi connectivity index (χ4n) is 1.96. The number of aryl methyl sites for hydroxylation is 1. The number of aliphatic hydroxyl groups is 1. The number of aliphatic hydroxyl groups excluding tert-OH is 1. The molecular formula is C11H16ClNOS. The van der Waals surface area contributed by atoms with Gasteiger partial charge in [0.25, 0.3) is 0 Å². The fourth-order valence-corrected chi connectivity index (χ4v) is 3.32. The van der Waals surface area contributed by atoms with E-state index < -0.39 is 0 Å². The summed E-state index contributed by atoms with van der Waals surface area (Å²) in [6, 6.07) is 2.45. The molecule has 84 valence electrons. The molecule has 1 aliphatic carbocycles. The van der Waals surface area contributed by atoms with Gasteiger partial charge in [-0.1, -0.05) is 18.5 Å². The Kier molecular flexibility index (Phi) is 3.67. The second-order valence-corrected chi connectivity index (χ2v) is 5.76. The largest absolute Gasteiger partial charge is 0.392 e. The first-order valence-corrected chi connectivity index (χ1v) is 6.59. The number of nitrogens with one attached hydrogen (secondary N) is 1. The van der Waals surface area contributed by atoms with Crippen LogP contribution in [0.15, 0.2) is 6.07 Å². The molecule has 0 spiro atoms. The molecule has 0 fully saturated rings. The average Bonchev–Trinajstić information content (AvgIpc) is 2.73. The first-order chi connectivity index (χ1) is 7.20. The third kappa shape index (κ3) is 2.53. The molecule has 0 saturated carbocycles. The maximum Gasteiger partial charge on any atom is 0.0934 e. The maximum atomic E-state index is 9.49. The van der Waals surface area contributed by atoms with Crippen molar-refractivity contribution in [3.05, 3.63) is 20.8 Å². The van der Waals surface area contributed by atoms with Crippen LogP contribution in [0.25, 0.3) is 0 Å². The van der Waals surface area contributed by atoms with Gasteiger partial charge < -0.3 is 10.4 Å². The summed E-state index contributed by atoms with van der Waals surface area (Å²) in [6.45, 7) is 2.67. The van der Waals surface area contributed by atoms with E-state index >= 15 is 0 Å². The third-order valence-electron chi connectivity index (χ3n) is 2.92. The monoisotopic (exact) mass is 245 g/mol. The van der Waals surface area contributed by atoms with Gasteiger partial charge in [-0.05, 0) is 30.9 Å². The van der Waals surface area contributed by atoms with E-state index in [0.29, 0.717) is 12.6 Å². The molecular weight excluding hydrogens is 230 g/mol. The van der Waals surface area contributed by atoms with E-state index in [-0.39, 0.29) is 6.10 Å². The van der Waals surface area contributed by atoms with Crippen molar-refractivity contribution in [2.75, 3.05) is 6.54 Å². The van der Waals surface area contributed by atoms with E-state index in [2.05, 4.69) is 11.4 Å². The summed E-state index contributed by atoms with van der Waals surface area (Å²) in [4.78, 5) is 1.41. The lowest BCUT2D eigenvalue weighted by Gasteiger charge is -2.15. The first-order valence-electron chi connectivity index (χ1n) is 5.40. The Labute approximate surface area is 99.3 Å². The molecule has 0 amide bonds. The minimum Gasteiger partial charge on any atom is -0.392 e. The van der Waals surface area contributed by atoms with Crippen LogP contribution in [-0.4, -0.2) is 17.8 Å². The highest BCUT2D eigenvalue weighted by molar-refractivity contribution is 7.16. The van der Waals surface area contributed by atoms with Crippen LogP contribution in [0.1, 0.15) is 36.2 Å². The molecule has 0 aliphatic heterocycles. The lowest BCUT2D eigenvalue weighted by molar-refractivity contribution is 0.163. The summed E-state index contributed by atoms with van der Waals surface area (Å²) in [7, 11) is 0. The Morgan fingerprint density at radius 2 is 2.53 bits per heavy atom. The van der Waals surface area contributed by atoms with Crippen molar-refractivity contribution in [2.24, 2.45) is 0 Å². The van der Waals surface area contributed by atoms with Crippen molar-refractivity contribution in [3.8, 4) is 0 Å². The summed E-state index contributed by atoms with van der Waals surface area (Å²) < 4.78 is 0.877. The van der Waals surface area contributed by atoms with Gasteiger partial charge in [-0.3, -0.25) is 0 Å². The molecule has 1 aliphatic rings. The Morgan fingerprint density at radius 1 is 1.73 bits per heavy atom. The number of rotatable bonds is 4. The van der Waals surface area contributed by atoms with E-state index in [1.165, 1.54) is 10.4 Å². The van der Waals surface area contributed by atoms with E-state index in [9.17, 15) is 5.11 Å². The molecule has 1 aromatic rings. The molecule has 1 heterocycles. The van der Waals surface area contributed by atoms with Gasteiger partial charge in [-0.2, -0.15) is 0 Å². The highest BCUT2D eigenvalue weighted by atomic mass is 35.5. The van der Waals surface area contributed by atoms with E-state index in [0.717, 1.165) is 23.6 Å². The topological polar surface area (TPSA) is 32.3 Å². The second kappa shape index (κ2) is 4.83. The summed E-state index contributed by atoms with van der Waals surface area (Å²) in [5, 5.41) is 12.9. The summed E-state index contributed by atoms with van der Waals surface area (Å²) in [5.41, 5.74) is 1.34. The van der Waals surface area contributed by atoms with Crippen molar-refractivity contribution < 1.29 is 5.11 Å². The molecule has 0 aromatic carbocycles. The zero-order chi connectivity index (χ0) is 10.8. The number of fused-ring (bicyclic) bond motifs is 1. The van der Waals surface area contributed by atoms with E-state index in [4.69, 9.17) is 11.6 Å². The first kappa shape index (κ1) is 11.4. The molecule has 1 aromatic heterocycles. The Morgan fingerprint density at radius 3 is 3.27 bits per heavy atom. The average molecular weight is 246 g/mol. The molecule has 15 heavy (non-hydrogen) atoms. The van der Waals surface area contributed by atoms with E-state index in [1.54, 1.807) is 11.3 Å². The number of hydrogen-bond donors (Lipinski definition) is 2. The zero-order valence-electron chi connectivity index (χ0n) is 8.79. The van der Waals surface area contributed by atoms with Crippen LogP contribution in [0.3, 0.4) is 0 Å². The Bertz CT molecular complexity index is 339. The van der Waals surface area contributed by atoms with Crippen molar-refractivity contribution in [1.29, 1.82) is 0 Å². The van der Waals surface area contributed by atoms with Crippen molar-refractivity contribution in [1.82, 2.24) is 5.32 Å². The van der Waals surface area contributed by atoms with Crippen molar-refractivity contribution >= 4 is 22.9 Å². The maximum absolute atomic E-state index is 9.49. The molecule has 2 N–H and O–H groups in total. The van der Waals surface area contributed by atoms with Gasteiger partial charge in [-0.25, -0.2) is 0 Å². The predicted molar refractivity (Wildman–Crippen MR) is 64.7 cm³/mol. The zero-order valence-corrected chi connectivity index (χ0v) is 10.4. The molecule has 2 nitrogen and oxygen atoms in total. The van der Waals surface area contributed by atoms with Gasteiger partial charge in [0.2, 0.25) is 0 Å². The standard InChI is InChI=1S/C11H16ClNOS/c1-2-7(14)6-13-9-3-4-10-8(9)5-11(12)15-10/h5,7,9,13-14H,2-4,6H2,1H3. The highest BCUT2D eigenvalue weighted by Crippen LogP contribution is 2.39. The number of hydrogen-bond acceptors (Lipinski definition) is 3. The van der Waals surface area contributed by atoms with Crippen LogP contribution in [0.2, 0.25) is 4.34 Å². The van der Waals surface area contributed by atoms with E-state index in [1.807, 2.05) is 6.92 Å². The molecule has 2 unspecified atom stereocenters. The molecule has 0 bridgehead atoms. The molecule has 0 radical (unpaired) electrons. The molecule has 2 rings (SSSR count). The Balaban J connectivity index is 1.95.